The highest BCUT2D eigenvalue weighted by Gasteiger charge is 2.45. The molecule has 2 aromatic rings. The maximum Gasteiger partial charge on any atom is 0.247 e. The van der Waals surface area contributed by atoms with Crippen molar-refractivity contribution < 1.29 is 19.1 Å². The SMILES string of the molecule is CN[C@@H](C)C(=O)NC1CCO[C@H]2CCC(C(=O)Nc3cccc4ccccc34)N2C1=O. The highest BCUT2D eigenvalue weighted by molar-refractivity contribution is 6.05. The number of likely N-dealkylation sites (N-methyl/N-ethyl adjacent to an activating group) is 1. The van der Waals surface area contributed by atoms with Crippen LogP contribution in [-0.4, -0.2) is 60.6 Å². The number of hydrogen-bond acceptors (Lipinski definition) is 5. The van der Waals surface area contributed by atoms with Crippen molar-refractivity contribution in [2.75, 3.05) is 19.0 Å². The first-order chi connectivity index (χ1) is 15.0. The third kappa shape index (κ3) is 4.26. The highest BCUT2D eigenvalue weighted by atomic mass is 16.5. The van der Waals surface area contributed by atoms with E-state index in [4.69, 9.17) is 4.74 Å². The van der Waals surface area contributed by atoms with Crippen LogP contribution in [0.15, 0.2) is 42.5 Å². The lowest BCUT2D eigenvalue weighted by atomic mass is 10.1. The Balaban J connectivity index is 1.53. The monoisotopic (exact) mass is 424 g/mol. The molecule has 8 nitrogen and oxygen atoms in total. The molecule has 31 heavy (non-hydrogen) atoms. The number of amides is 3. The van der Waals surface area contributed by atoms with Crippen molar-refractivity contribution in [1.29, 1.82) is 0 Å². The number of ether oxygens (including phenoxy) is 1. The van der Waals surface area contributed by atoms with Crippen molar-refractivity contribution >= 4 is 34.2 Å². The molecule has 2 aromatic carbocycles. The summed E-state index contributed by atoms with van der Waals surface area (Å²) in [5.74, 6) is -0.767. The molecule has 2 heterocycles. The van der Waals surface area contributed by atoms with Gasteiger partial charge in [-0.05, 0) is 38.3 Å². The summed E-state index contributed by atoms with van der Waals surface area (Å²) in [7, 11) is 1.69. The normalized spacial score (nSPS) is 24.4. The van der Waals surface area contributed by atoms with Gasteiger partial charge in [0, 0.05) is 17.5 Å². The molecule has 164 valence electrons. The summed E-state index contributed by atoms with van der Waals surface area (Å²) in [4.78, 5) is 40.3. The van der Waals surface area contributed by atoms with Crippen molar-refractivity contribution in [1.82, 2.24) is 15.5 Å². The molecule has 0 radical (unpaired) electrons. The molecule has 8 heteroatoms. The summed E-state index contributed by atoms with van der Waals surface area (Å²) in [5, 5.41) is 10.6. The first-order valence-corrected chi connectivity index (χ1v) is 10.7. The van der Waals surface area contributed by atoms with Gasteiger partial charge in [-0.2, -0.15) is 0 Å². The molecule has 2 aliphatic rings. The minimum Gasteiger partial charge on any atom is -0.358 e. The van der Waals surface area contributed by atoms with Crippen molar-refractivity contribution in [2.24, 2.45) is 0 Å². The maximum absolute atomic E-state index is 13.3. The van der Waals surface area contributed by atoms with Crippen LogP contribution in [0.3, 0.4) is 0 Å². The fraction of sp³-hybridized carbons (Fsp3) is 0.435. The second-order valence-corrected chi connectivity index (χ2v) is 8.04. The highest BCUT2D eigenvalue weighted by Crippen LogP contribution is 2.30. The summed E-state index contributed by atoms with van der Waals surface area (Å²) in [6.45, 7) is 2.08. The van der Waals surface area contributed by atoms with E-state index in [1.807, 2.05) is 42.5 Å². The molecule has 2 fully saturated rings. The molecule has 2 aliphatic heterocycles. The summed E-state index contributed by atoms with van der Waals surface area (Å²) < 4.78 is 5.85. The van der Waals surface area contributed by atoms with Gasteiger partial charge >= 0.3 is 0 Å². The van der Waals surface area contributed by atoms with Gasteiger partial charge in [0.2, 0.25) is 17.7 Å². The summed E-state index contributed by atoms with van der Waals surface area (Å²) in [5.41, 5.74) is 0.711. The number of hydrogen-bond donors (Lipinski definition) is 3. The van der Waals surface area contributed by atoms with Crippen molar-refractivity contribution in [3.05, 3.63) is 42.5 Å². The van der Waals surface area contributed by atoms with Crippen molar-refractivity contribution in [3.63, 3.8) is 0 Å². The number of nitrogens with zero attached hydrogens (tertiary/aromatic N) is 1. The maximum atomic E-state index is 13.3. The number of rotatable bonds is 5. The zero-order valence-corrected chi connectivity index (χ0v) is 17.8. The van der Waals surface area contributed by atoms with Crippen LogP contribution in [0.25, 0.3) is 10.8 Å². The molecule has 2 unspecified atom stereocenters. The molecule has 4 atom stereocenters. The van der Waals surface area contributed by atoms with Gasteiger partial charge in [-0.3, -0.25) is 14.4 Å². The first-order valence-electron chi connectivity index (χ1n) is 10.7. The summed E-state index contributed by atoms with van der Waals surface area (Å²) >= 11 is 0. The Morgan fingerprint density at radius 3 is 2.68 bits per heavy atom. The Labute approximate surface area is 181 Å². The van der Waals surface area contributed by atoms with Gasteiger partial charge in [-0.1, -0.05) is 36.4 Å². The van der Waals surface area contributed by atoms with Crippen molar-refractivity contribution in [2.45, 2.75) is 50.5 Å². The average Bonchev–Trinajstić information content (AvgIpc) is 3.15. The van der Waals surface area contributed by atoms with E-state index in [9.17, 15) is 14.4 Å². The third-order valence-electron chi connectivity index (χ3n) is 6.10. The van der Waals surface area contributed by atoms with E-state index >= 15 is 0 Å². The summed E-state index contributed by atoms with van der Waals surface area (Å²) in [6.07, 6.45) is 1.04. The number of fused-ring (bicyclic) bond motifs is 2. The molecule has 4 rings (SSSR count). The van der Waals surface area contributed by atoms with Gasteiger partial charge < -0.3 is 25.6 Å². The van der Waals surface area contributed by atoms with Crippen LogP contribution in [0.4, 0.5) is 5.69 Å². The summed E-state index contributed by atoms with van der Waals surface area (Å²) in [6, 6.07) is 11.8. The molecule has 3 N–H and O–H groups in total. The van der Waals surface area contributed by atoms with Gasteiger partial charge in [-0.15, -0.1) is 0 Å². The third-order valence-corrected chi connectivity index (χ3v) is 6.10. The number of nitrogens with one attached hydrogen (secondary N) is 3. The Hall–Kier alpha value is -2.97. The fourth-order valence-electron chi connectivity index (χ4n) is 4.23. The Bertz CT molecular complexity index is 989. The van der Waals surface area contributed by atoms with E-state index in [-0.39, 0.29) is 17.7 Å². The van der Waals surface area contributed by atoms with E-state index in [0.29, 0.717) is 31.6 Å². The minimum atomic E-state index is -0.709. The second kappa shape index (κ2) is 9.03. The number of carbonyl (C=O) groups is 3. The molecular formula is C23H28N4O4. The average molecular weight is 425 g/mol. The molecule has 0 spiro atoms. The predicted octanol–water partition coefficient (Wildman–Crippen LogP) is 1.61. The molecule has 0 saturated carbocycles. The van der Waals surface area contributed by atoms with E-state index in [1.54, 1.807) is 14.0 Å². The van der Waals surface area contributed by atoms with Crippen LogP contribution >= 0.6 is 0 Å². The lowest BCUT2D eigenvalue weighted by molar-refractivity contribution is -0.147. The number of benzene rings is 2. The molecule has 0 bridgehead atoms. The zero-order valence-electron chi connectivity index (χ0n) is 17.8. The van der Waals surface area contributed by atoms with Crippen LogP contribution in [0.2, 0.25) is 0 Å². The van der Waals surface area contributed by atoms with E-state index in [1.165, 1.54) is 4.90 Å². The minimum absolute atomic E-state index is 0.244. The van der Waals surface area contributed by atoms with E-state index in [0.717, 1.165) is 10.8 Å². The zero-order chi connectivity index (χ0) is 22.0. The molecule has 0 aromatic heterocycles. The molecule has 0 aliphatic carbocycles. The standard InChI is InChI=1S/C23H28N4O4/c1-14(24-2)21(28)26-18-12-13-31-20-11-10-19(27(20)23(18)30)22(29)25-17-9-5-7-15-6-3-4-8-16(15)17/h3-9,14,18-20,24H,10-13H2,1-2H3,(H,25,29)(H,26,28)/t14-,18?,19?,20-/m0/s1. The van der Waals surface area contributed by atoms with Crippen LogP contribution in [0.1, 0.15) is 26.2 Å². The Morgan fingerprint density at radius 2 is 1.87 bits per heavy atom. The largest absolute Gasteiger partial charge is 0.358 e. The fourth-order valence-corrected chi connectivity index (χ4v) is 4.23. The van der Waals surface area contributed by atoms with Crippen LogP contribution in [-0.2, 0) is 19.1 Å². The van der Waals surface area contributed by atoms with Crippen LogP contribution in [0, 0.1) is 0 Å². The second-order valence-electron chi connectivity index (χ2n) is 8.04. The topological polar surface area (TPSA) is 99.8 Å². The van der Waals surface area contributed by atoms with Gasteiger partial charge in [0.25, 0.3) is 0 Å². The van der Waals surface area contributed by atoms with E-state index < -0.39 is 24.4 Å². The van der Waals surface area contributed by atoms with Crippen LogP contribution < -0.4 is 16.0 Å². The van der Waals surface area contributed by atoms with Crippen molar-refractivity contribution in [3.8, 4) is 0 Å². The van der Waals surface area contributed by atoms with E-state index in [2.05, 4.69) is 16.0 Å². The molecule has 3 amide bonds. The first kappa shape index (κ1) is 21.3. The smallest absolute Gasteiger partial charge is 0.247 e. The number of carbonyl (C=O) groups excluding carboxylic acids is 3. The quantitative estimate of drug-likeness (QED) is 0.677. The lowest BCUT2D eigenvalue weighted by Gasteiger charge is -2.30. The molecule has 2 saturated heterocycles. The lowest BCUT2D eigenvalue weighted by Crippen LogP contribution is -2.55. The Kier molecular flexibility index (Phi) is 6.20. The van der Waals surface area contributed by atoms with Gasteiger partial charge in [0.05, 0.1) is 12.6 Å². The molecular weight excluding hydrogens is 396 g/mol. The predicted molar refractivity (Wildman–Crippen MR) is 117 cm³/mol. The van der Waals surface area contributed by atoms with Gasteiger partial charge in [0.1, 0.15) is 18.3 Å². The number of anilines is 1. The van der Waals surface area contributed by atoms with Gasteiger partial charge in [-0.25, -0.2) is 0 Å². The van der Waals surface area contributed by atoms with Gasteiger partial charge in [0.15, 0.2) is 0 Å². The Morgan fingerprint density at radius 1 is 1.10 bits per heavy atom. The van der Waals surface area contributed by atoms with Crippen LogP contribution in [0.5, 0.6) is 0 Å².